The van der Waals surface area contributed by atoms with Crippen LogP contribution in [0.25, 0.3) is 0 Å². The summed E-state index contributed by atoms with van der Waals surface area (Å²) in [7, 11) is 3.69. The van der Waals surface area contributed by atoms with E-state index in [1.165, 1.54) is 17.5 Å². The van der Waals surface area contributed by atoms with E-state index in [-0.39, 0.29) is 0 Å². The second-order valence-electron chi connectivity index (χ2n) is 6.57. The minimum Gasteiger partial charge on any atom is -0.497 e. The molecule has 1 atom stereocenters. The van der Waals surface area contributed by atoms with Crippen LogP contribution in [0.1, 0.15) is 29.7 Å². The molecule has 0 radical (unpaired) electrons. The van der Waals surface area contributed by atoms with Gasteiger partial charge in [0.2, 0.25) is 0 Å². The van der Waals surface area contributed by atoms with E-state index in [1.54, 1.807) is 7.11 Å². The Morgan fingerprint density at radius 3 is 2.92 bits per heavy atom. The van der Waals surface area contributed by atoms with Gasteiger partial charge < -0.3 is 9.47 Å². The third-order valence-electron chi connectivity index (χ3n) is 4.54. The van der Waals surface area contributed by atoms with Gasteiger partial charge in [0.15, 0.2) is 0 Å². The Hall–Kier alpha value is -1.85. The first-order valence-electron chi connectivity index (χ1n) is 8.60. The summed E-state index contributed by atoms with van der Waals surface area (Å²) in [6.45, 7) is 5.68. The van der Waals surface area contributed by atoms with Crippen LogP contribution in [0.5, 0.6) is 5.75 Å². The lowest BCUT2D eigenvalue weighted by Gasteiger charge is -2.25. The summed E-state index contributed by atoms with van der Waals surface area (Å²) in [5.41, 5.74) is 3.63. The van der Waals surface area contributed by atoms with Gasteiger partial charge in [0, 0.05) is 45.0 Å². The Kier molecular flexibility index (Phi) is 5.53. The zero-order valence-corrected chi connectivity index (χ0v) is 14.9. The van der Waals surface area contributed by atoms with E-state index in [4.69, 9.17) is 9.47 Å². The highest BCUT2D eigenvalue weighted by Gasteiger charge is 2.20. The zero-order chi connectivity index (χ0) is 16.9. The number of aromatic nitrogens is 2. The molecule has 1 unspecified atom stereocenters. The van der Waals surface area contributed by atoms with Crippen LogP contribution < -0.4 is 4.74 Å². The van der Waals surface area contributed by atoms with Gasteiger partial charge in [0.1, 0.15) is 5.75 Å². The molecule has 5 nitrogen and oxygen atoms in total. The first-order valence-corrected chi connectivity index (χ1v) is 8.60. The highest BCUT2D eigenvalue weighted by atomic mass is 16.5. The van der Waals surface area contributed by atoms with Crippen molar-refractivity contribution in [2.75, 3.05) is 20.3 Å². The predicted molar refractivity (Wildman–Crippen MR) is 94.0 cm³/mol. The van der Waals surface area contributed by atoms with E-state index in [0.29, 0.717) is 6.10 Å². The first-order chi connectivity index (χ1) is 11.6. The standard InChI is InChI=1S/C19H27N3O2/c1-15-17(12-21(2)20-15)13-22(14-19-8-5-9-24-19)11-16-6-4-7-18(10-16)23-3/h4,6-7,10,12,19H,5,8-9,11,13-14H2,1-3H3. The number of hydrogen-bond acceptors (Lipinski definition) is 4. The van der Waals surface area contributed by atoms with Crippen molar-refractivity contribution in [1.29, 1.82) is 0 Å². The van der Waals surface area contributed by atoms with Crippen molar-refractivity contribution in [1.82, 2.24) is 14.7 Å². The van der Waals surface area contributed by atoms with E-state index < -0.39 is 0 Å². The van der Waals surface area contributed by atoms with Gasteiger partial charge in [-0.05, 0) is 37.5 Å². The maximum absolute atomic E-state index is 5.85. The Morgan fingerprint density at radius 1 is 1.38 bits per heavy atom. The van der Waals surface area contributed by atoms with Gasteiger partial charge in [0.05, 0.1) is 18.9 Å². The maximum atomic E-state index is 5.85. The van der Waals surface area contributed by atoms with Crippen LogP contribution in [-0.2, 0) is 24.9 Å². The summed E-state index contributed by atoms with van der Waals surface area (Å²) >= 11 is 0. The normalized spacial score (nSPS) is 17.6. The molecule has 1 saturated heterocycles. The molecule has 3 rings (SSSR count). The minimum absolute atomic E-state index is 0.340. The Bertz CT molecular complexity index is 662. The average molecular weight is 329 g/mol. The molecule has 1 aliphatic rings. The highest BCUT2D eigenvalue weighted by Crippen LogP contribution is 2.20. The van der Waals surface area contributed by atoms with Gasteiger partial charge >= 0.3 is 0 Å². The molecule has 0 bridgehead atoms. The number of methoxy groups -OCH3 is 1. The van der Waals surface area contributed by atoms with Crippen LogP contribution in [-0.4, -0.2) is 41.0 Å². The van der Waals surface area contributed by atoms with E-state index in [2.05, 4.69) is 35.3 Å². The Balaban J connectivity index is 1.74. The third-order valence-corrected chi connectivity index (χ3v) is 4.54. The number of aryl methyl sites for hydroxylation is 2. The summed E-state index contributed by atoms with van der Waals surface area (Å²) in [6, 6.07) is 8.30. The van der Waals surface area contributed by atoms with Gasteiger partial charge in [-0.25, -0.2) is 0 Å². The summed E-state index contributed by atoms with van der Waals surface area (Å²) < 4.78 is 13.1. The van der Waals surface area contributed by atoms with Crippen LogP contribution >= 0.6 is 0 Å². The first kappa shape index (κ1) is 17.0. The molecular weight excluding hydrogens is 302 g/mol. The molecule has 0 spiro atoms. The number of nitrogens with zero attached hydrogens (tertiary/aromatic N) is 3. The van der Waals surface area contributed by atoms with E-state index >= 15 is 0 Å². The van der Waals surface area contributed by atoms with Gasteiger partial charge in [-0.3, -0.25) is 9.58 Å². The summed E-state index contributed by atoms with van der Waals surface area (Å²) in [6.07, 6.45) is 4.78. The second kappa shape index (κ2) is 7.81. The molecule has 0 saturated carbocycles. The minimum atomic E-state index is 0.340. The number of hydrogen-bond donors (Lipinski definition) is 0. The Morgan fingerprint density at radius 2 is 2.25 bits per heavy atom. The van der Waals surface area contributed by atoms with Crippen LogP contribution in [0, 0.1) is 6.92 Å². The lowest BCUT2D eigenvalue weighted by Crippen LogP contribution is -2.31. The molecule has 0 N–H and O–H groups in total. The van der Waals surface area contributed by atoms with Crippen molar-refractivity contribution in [3.8, 4) is 5.75 Å². The van der Waals surface area contributed by atoms with Gasteiger partial charge in [-0.1, -0.05) is 12.1 Å². The van der Waals surface area contributed by atoms with Crippen molar-refractivity contribution >= 4 is 0 Å². The number of benzene rings is 1. The zero-order valence-electron chi connectivity index (χ0n) is 14.9. The summed E-state index contributed by atoms with van der Waals surface area (Å²) in [5, 5.41) is 4.47. The van der Waals surface area contributed by atoms with Crippen LogP contribution in [0.3, 0.4) is 0 Å². The Labute approximate surface area is 144 Å². The van der Waals surface area contributed by atoms with Crippen molar-refractivity contribution in [3.63, 3.8) is 0 Å². The molecule has 0 aliphatic carbocycles. The molecule has 0 amide bonds. The van der Waals surface area contributed by atoms with E-state index in [1.807, 2.05) is 23.9 Å². The van der Waals surface area contributed by atoms with E-state index in [0.717, 1.165) is 44.1 Å². The lowest BCUT2D eigenvalue weighted by atomic mass is 10.1. The fourth-order valence-electron chi connectivity index (χ4n) is 3.34. The fraction of sp³-hybridized carbons (Fsp3) is 0.526. The quantitative estimate of drug-likeness (QED) is 0.783. The third kappa shape index (κ3) is 4.36. The van der Waals surface area contributed by atoms with Crippen molar-refractivity contribution in [2.24, 2.45) is 7.05 Å². The molecule has 1 aromatic heterocycles. The molecule has 1 aliphatic heterocycles. The predicted octanol–water partition coefficient (Wildman–Crippen LogP) is 2.92. The van der Waals surface area contributed by atoms with Crippen molar-refractivity contribution in [3.05, 3.63) is 47.3 Å². The monoisotopic (exact) mass is 329 g/mol. The number of rotatable bonds is 7. The van der Waals surface area contributed by atoms with Crippen LogP contribution in [0.4, 0.5) is 0 Å². The molecular formula is C19H27N3O2. The topological polar surface area (TPSA) is 39.5 Å². The largest absolute Gasteiger partial charge is 0.497 e. The van der Waals surface area contributed by atoms with E-state index in [9.17, 15) is 0 Å². The molecule has 1 aromatic carbocycles. The molecule has 5 heteroatoms. The van der Waals surface area contributed by atoms with Gasteiger partial charge in [-0.15, -0.1) is 0 Å². The van der Waals surface area contributed by atoms with Crippen LogP contribution in [0.2, 0.25) is 0 Å². The van der Waals surface area contributed by atoms with Crippen molar-refractivity contribution < 1.29 is 9.47 Å². The lowest BCUT2D eigenvalue weighted by molar-refractivity contribution is 0.0678. The van der Waals surface area contributed by atoms with Crippen LogP contribution in [0.15, 0.2) is 30.5 Å². The maximum Gasteiger partial charge on any atom is 0.119 e. The highest BCUT2D eigenvalue weighted by molar-refractivity contribution is 5.28. The number of ether oxygens (including phenoxy) is 2. The molecule has 130 valence electrons. The second-order valence-corrected chi connectivity index (χ2v) is 6.57. The summed E-state index contributed by atoms with van der Waals surface area (Å²) in [5.74, 6) is 0.905. The molecule has 2 heterocycles. The van der Waals surface area contributed by atoms with Gasteiger partial charge in [-0.2, -0.15) is 5.10 Å². The average Bonchev–Trinajstić information content (AvgIpc) is 3.17. The van der Waals surface area contributed by atoms with Gasteiger partial charge in [0.25, 0.3) is 0 Å². The summed E-state index contributed by atoms with van der Waals surface area (Å²) in [4.78, 5) is 2.45. The molecule has 24 heavy (non-hydrogen) atoms. The molecule has 2 aromatic rings. The van der Waals surface area contributed by atoms with Crippen molar-refractivity contribution in [2.45, 2.75) is 39.0 Å². The fourth-order valence-corrected chi connectivity index (χ4v) is 3.34. The smallest absolute Gasteiger partial charge is 0.119 e. The molecule has 1 fully saturated rings. The SMILES string of the molecule is COc1cccc(CN(Cc2cn(C)nc2C)CC2CCCO2)c1.